The van der Waals surface area contributed by atoms with Gasteiger partial charge in [0.1, 0.15) is 20.8 Å². The smallest absolute Gasteiger partial charge is 0.315 e. The van der Waals surface area contributed by atoms with Gasteiger partial charge < -0.3 is 10.1 Å². The van der Waals surface area contributed by atoms with E-state index in [9.17, 15) is 14.9 Å². The lowest BCUT2D eigenvalue weighted by Crippen LogP contribution is -2.26. The molecule has 0 spiro atoms. The lowest BCUT2D eigenvalue weighted by Gasteiger charge is -2.17. The molecule has 1 aromatic heterocycles. The highest BCUT2D eigenvalue weighted by atomic mass is 35.5. The minimum absolute atomic E-state index is 0.304. The van der Waals surface area contributed by atoms with Gasteiger partial charge in [-0.25, -0.2) is 0 Å². The van der Waals surface area contributed by atoms with Crippen LogP contribution >= 0.6 is 34.5 Å². The lowest BCUT2D eigenvalue weighted by atomic mass is 9.89. The van der Waals surface area contributed by atoms with Crippen molar-refractivity contribution in [2.45, 2.75) is 43.9 Å². The van der Waals surface area contributed by atoms with Crippen molar-refractivity contribution < 1.29 is 14.3 Å². The summed E-state index contributed by atoms with van der Waals surface area (Å²) in [5.74, 6) is -0.490. The lowest BCUT2D eigenvalue weighted by molar-refractivity contribution is -0.152. The second-order valence-electron chi connectivity index (χ2n) is 7.01. The molecule has 3 rings (SSSR count). The van der Waals surface area contributed by atoms with Crippen LogP contribution in [0.1, 0.15) is 42.7 Å². The van der Waals surface area contributed by atoms with Crippen molar-refractivity contribution in [3.63, 3.8) is 0 Å². The number of ether oxygens (including phenoxy) is 1. The van der Waals surface area contributed by atoms with Gasteiger partial charge in [0.2, 0.25) is 0 Å². The third kappa shape index (κ3) is 3.38. The second-order valence-corrected chi connectivity index (χ2v) is 9.59. The Morgan fingerprint density at radius 1 is 1.48 bits per heavy atom. The van der Waals surface area contributed by atoms with Crippen molar-refractivity contribution in [3.05, 3.63) is 16.0 Å². The molecule has 0 unspecified atom stereocenters. The second kappa shape index (κ2) is 6.46. The first-order chi connectivity index (χ1) is 11.7. The van der Waals surface area contributed by atoms with Gasteiger partial charge >= 0.3 is 5.97 Å². The number of halogens is 2. The predicted octanol–water partition coefficient (Wildman–Crippen LogP) is 3.81. The zero-order valence-corrected chi connectivity index (χ0v) is 16.3. The SMILES string of the molecule is C[C@@H]1CCc2c(sc(NC(=O)COC(=O)[C@]3(C)CC3(Cl)Cl)c2C#N)C1. The maximum atomic E-state index is 12.1. The zero-order valence-electron chi connectivity index (χ0n) is 13.9. The molecule has 0 saturated heterocycles. The van der Waals surface area contributed by atoms with Crippen molar-refractivity contribution in [2.75, 3.05) is 11.9 Å². The Morgan fingerprint density at radius 2 is 2.16 bits per heavy atom. The number of esters is 1. The molecule has 0 radical (unpaired) electrons. The molecule has 2 atom stereocenters. The molecule has 25 heavy (non-hydrogen) atoms. The number of hydrogen-bond acceptors (Lipinski definition) is 5. The molecule has 1 saturated carbocycles. The zero-order chi connectivity index (χ0) is 18.4. The fraction of sp³-hybridized carbons (Fsp3) is 0.588. The largest absolute Gasteiger partial charge is 0.455 e. The molecule has 1 aromatic rings. The summed E-state index contributed by atoms with van der Waals surface area (Å²) in [5.41, 5.74) is 0.602. The number of alkyl halides is 2. The van der Waals surface area contributed by atoms with Crippen LogP contribution in [-0.4, -0.2) is 22.8 Å². The summed E-state index contributed by atoms with van der Waals surface area (Å²) >= 11 is 13.3. The maximum absolute atomic E-state index is 12.1. The Labute approximate surface area is 160 Å². The van der Waals surface area contributed by atoms with Crippen molar-refractivity contribution in [2.24, 2.45) is 11.3 Å². The number of thiophene rings is 1. The Hall–Kier alpha value is -1.29. The first-order valence-corrected chi connectivity index (χ1v) is 9.64. The number of carbonyl (C=O) groups excluding carboxylic acids is 2. The van der Waals surface area contributed by atoms with E-state index in [2.05, 4.69) is 18.3 Å². The summed E-state index contributed by atoms with van der Waals surface area (Å²) < 4.78 is 3.91. The van der Waals surface area contributed by atoms with E-state index in [1.165, 1.54) is 11.3 Å². The van der Waals surface area contributed by atoms with Crippen molar-refractivity contribution in [3.8, 4) is 6.07 Å². The highest BCUT2D eigenvalue weighted by molar-refractivity contribution is 7.16. The molecule has 1 N–H and O–H groups in total. The molecule has 1 amide bonds. The molecule has 1 heterocycles. The number of carbonyl (C=O) groups is 2. The van der Waals surface area contributed by atoms with Gasteiger partial charge in [-0.2, -0.15) is 5.26 Å². The van der Waals surface area contributed by atoms with E-state index in [0.29, 0.717) is 22.9 Å². The molecular formula is C17H18Cl2N2O3S. The number of nitrogens with zero attached hydrogens (tertiary/aromatic N) is 1. The van der Waals surface area contributed by atoms with Gasteiger partial charge in [-0.15, -0.1) is 34.5 Å². The van der Waals surface area contributed by atoms with Crippen molar-refractivity contribution in [1.29, 1.82) is 5.26 Å². The number of rotatable bonds is 4. The molecule has 0 aliphatic heterocycles. The van der Waals surface area contributed by atoms with Crippen LogP contribution in [0.5, 0.6) is 0 Å². The van der Waals surface area contributed by atoms with Crippen molar-refractivity contribution in [1.82, 2.24) is 0 Å². The Morgan fingerprint density at radius 3 is 2.76 bits per heavy atom. The van der Waals surface area contributed by atoms with Crippen molar-refractivity contribution >= 4 is 51.4 Å². The van der Waals surface area contributed by atoms with E-state index < -0.39 is 28.2 Å². The molecule has 2 aliphatic carbocycles. The predicted molar refractivity (Wildman–Crippen MR) is 97.0 cm³/mol. The summed E-state index contributed by atoms with van der Waals surface area (Å²) in [5, 5.41) is 12.7. The monoisotopic (exact) mass is 400 g/mol. The summed E-state index contributed by atoms with van der Waals surface area (Å²) in [6.07, 6.45) is 3.12. The molecule has 134 valence electrons. The van der Waals surface area contributed by atoms with E-state index in [1.807, 2.05) is 0 Å². The topological polar surface area (TPSA) is 79.2 Å². The third-order valence-corrected chi connectivity index (χ3v) is 7.19. The van der Waals surface area contributed by atoms with Gasteiger partial charge in [-0.3, -0.25) is 9.59 Å². The molecule has 0 bridgehead atoms. The fourth-order valence-electron chi connectivity index (χ4n) is 3.03. The summed E-state index contributed by atoms with van der Waals surface area (Å²) in [7, 11) is 0. The van der Waals surface area contributed by atoms with Gasteiger partial charge in [0.25, 0.3) is 5.91 Å². The first-order valence-electron chi connectivity index (χ1n) is 8.07. The third-order valence-electron chi connectivity index (χ3n) is 4.92. The van der Waals surface area contributed by atoms with Crippen LogP contribution in [0.3, 0.4) is 0 Å². The number of nitrogens with one attached hydrogen (secondary N) is 1. The fourth-order valence-corrected chi connectivity index (χ4v) is 5.10. The number of anilines is 1. The van der Waals surface area contributed by atoms with E-state index in [-0.39, 0.29) is 0 Å². The van der Waals surface area contributed by atoms with Crippen LogP contribution < -0.4 is 5.32 Å². The van der Waals surface area contributed by atoms with Gasteiger partial charge in [-0.05, 0) is 37.7 Å². The van der Waals surface area contributed by atoms with Crippen LogP contribution in [-0.2, 0) is 27.2 Å². The first kappa shape index (κ1) is 18.5. The van der Waals surface area contributed by atoms with Crippen LogP contribution in [0.2, 0.25) is 0 Å². The average Bonchev–Trinajstić information content (AvgIpc) is 2.89. The maximum Gasteiger partial charge on any atom is 0.315 e. The van der Waals surface area contributed by atoms with E-state index in [1.54, 1.807) is 6.92 Å². The number of nitriles is 1. The molecular weight excluding hydrogens is 383 g/mol. The minimum atomic E-state index is -1.13. The normalized spacial score (nSPS) is 26.3. The van der Waals surface area contributed by atoms with Crippen LogP contribution in [0.15, 0.2) is 0 Å². The molecule has 0 aromatic carbocycles. The number of hydrogen-bond donors (Lipinski definition) is 1. The van der Waals surface area contributed by atoms with Gasteiger partial charge in [0.15, 0.2) is 6.61 Å². The highest BCUT2D eigenvalue weighted by Gasteiger charge is 2.69. The highest BCUT2D eigenvalue weighted by Crippen LogP contribution is 2.64. The van der Waals surface area contributed by atoms with Crippen LogP contribution in [0.25, 0.3) is 0 Å². The molecule has 5 nitrogen and oxygen atoms in total. The number of amides is 1. The standard InChI is InChI=1S/C17H18Cl2N2O3S/c1-9-3-4-10-11(6-20)14(25-12(10)5-9)21-13(22)7-24-15(23)16(2)8-17(16,18)19/h9H,3-5,7-8H2,1-2H3,(H,21,22)/t9-,16+/m1/s1. The van der Waals surface area contributed by atoms with Gasteiger partial charge in [0, 0.05) is 11.3 Å². The average molecular weight is 401 g/mol. The quantitative estimate of drug-likeness (QED) is 0.615. The van der Waals surface area contributed by atoms with Crippen LogP contribution in [0.4, 0.5) is 5.00 Å². The van der Waals surface area contributed by atoms with E-state index in [4.69, 9.17) is 27.9 Å². The summed E-state index contributed by atoms with van der Waals surface area (Å²) in [4.78, 5) is 25.3. The summed E-state index contributed by atoms with van der Waals surface area (Å²) in [6.45, 7) is 3.36. The van der Waals surface area contributed by atoms with Crippen LogP contribution in [0, 0.1) is 22.7 Å². The van der Waals surface area contributed by atoms with E-state index in [0.717, 1.165) is 29.7 Å². The van der Waals surface area contributed by atoms with Gasteiger partial charge in [0.05, 0.1) is 5.56 Å². The molecule has 8 heteroatoms. The Kier molecular flexibility index (Phi) is 4.78. The Balaban J connectivity index is 1.62. The van der Waals surface area contributed by atoms with Gasteiger partial charge in [-0.1, -0.05) is 6.92 Å². The molecule has 1 fully saturated rings. The molecule has 2 aliphatic rings. The Bertz CT molecular complexity index is 784. The minimum Gasteiger partial charge on any atom is -0.455 e. The summed E-state index contributed by atoms with van der Waals surface area (Å²) in [6, 6.07) is 2.19. The van der Waals surface area contributed by atoms with E-state index >= 15 is 0 Å². The number of fused-ring (bicyclic) bond motifs is 1.